The number of carbonyl (C=O) groups is 1. The number of hydrogen-bond donors (Lipinski definition) is 0. The molecule has 0 radical (unpaired) electrons. The topological polar surface area (TPSA) is 32.8 Å². The van der Waals surface area contributed by atoms with Gasteiger partial charge in [0.25, 0.3) is 0 Å². The van der Waals surface area contributed by atoms with Crippen LogP contribution in [0, 0.1) is 0 Å². The molecule has 1 aliphatic rings. The molecule has 1 rings (SSSR count). The fourth-order valence-electron chi connectivity index (χ4n) is 0.785. The van der Waals surface area contributed by atoms with Gasteiger partial charge in [0.2, 0.25) is 6.41 Å². The number of rotatable bonds is 2. The van der Waals surface area contributed by atoms with Crippen LogP contribution >= 0.6 is 9.39 Å². The van der Waals surface area contributed by atoms with Crippen molar-refractivity contribution in [1.29, 1.82) is 0 Å². The molecule has 0 N–H and O–H groups in total. The molecule has 1 fully saturated rings. The number of hydroxylamine groups is 2. The van der Waals surface area contributed by atoms with Crippen molar-refractivity contribution >= 4 is 15.8 Å². The highest BCUT2D eigenvalue weighted by Gasteiger charge is 2.03. The second-order valence-corrected chi connectivity index (χ2v) is 3.31. The van der Waals surface area contributed by atoms with Crippen LogP contribution in [0.25, 0.3) is 0 Å². The summed E-state index contributed by atoms with van der Waals surface area (Å²) in [6.45, 7) is 6.56. The third-order valence-corrected chi connectivity index (χ3v) is 2.09. The van der Waals surface area contributed by atoms with Gasteiger partial charge in [-0.15, -0.1) is 0 Å². The Balaban J connectivity index is 0. The van der Waals surface area contributed by atoms with Crippen LogP contribution in [0.3, 0.4) is 0 Å². The normalized spacial score (nSPS) is 14.6. The number of hydrogen-bond acceptors (Lipinski definition) is 3. The predicted octanol–water partition coefficient (Wildman–Crippen LogP) is 1.53. The fourth-order valence-corrected chi connectivity index (χ4v) is 1.15. The van der Waals surface area contributed by atoms with Crippen molar-refractivity contribution in [2.75, 3.05) is 27.2 Å². The van der Waals surface area contributed by atoms with E-state index in [0.29, 0.717) is 6.41 Å². The number of nitrogens with zero attached hydrogens (tertiary/aromatic N) is 2. The zero-order valence-electron chi connectivity index (χ0n) is 9.69. The van der Waals surface area contributed by atoms with Crippen molar-refractivity contribution in [3.8, 4) is 0 Å². The molecule has 0 bridgehead atoms. The summed E-state index contributed by atoms with van der Waals surface area (Å²) in [5, 5.41) is 1.07. The first kappa shape index (κ1) is 16.3. The average Bonchev–Trinajstić information content (AvgIpc) is 2.72. The highest BCUT2D eigenvalue weighted by Crippen LogP contribution is 2.10. The second-order valence-electron chi connectivity index (χ2n) is 2.58. The number of carbonyl (C=O) groups excluding carboxylic acids is 1. The summed E-state index contributed by atoms with van der Waals surface area (Å²) < 4.78 is 2.28. The molecular formula is C9H23N2O2P. The van der Waals surface area contributed by atoms with Crippen LogP contribution < -0.4 is 0 Å². The van der Waals surface area contributed by atoms with E-state index in [1.165, 1.54) is 40.1 Å². The van der Waals surface area contributed by atoms with Crippen molar-refractivity contribution in [3.63, 3.8) is 0 Å². The van der Waals surface area contributed by atoms with Crippen molar-refractivity contribution in [2.24, 2.45) is 0 Å². The largest absolute Gasteiger partial charge is 0.287 e. The molecule has 0 saturated carbocycles. The summed E-state index contributed by atoms with van der Waals surface area (Å²) in [6.07, 6.45) is 3.37. The van der Waals surface area contributed by atoms with Gasteiger partial charge in [0.1, 0.15) is 0 Å². The van der Waals surface area contributed by atoms with Crippen LogP contribution in [0.5, 0.6) is 0 Å². The van der Waals surface area contributed by atoms with E-state index < -0.39 is 0 Å². The molecule has 5 heteroatoms. The predicted molar refractivity (Wildman–Crippen MR) is 62.7 cm³/mol. The van der Waals surface area contributed by atoms with E-state index in [-0.39, 0.29) is 0 Å². The lowest BCUT2D eigenvalue weighted by Crippen LogP contribution is -2.12. The second kappa shape index (κ2) is 12.8. The Labute approximate surface area is 89.8 Å². The van der Waals surface area contributed by atoms with Gasteiger partial charge in [-0.1, -0.05) is 23.2 Å². The zero-order valence-corrected chi connectivity index (χ0v) is 10.8. The monoisotopic (exact) mass is 222 g/mol. The lowest BCUT2D eigenvalue weighted by atomic mass is 10.4. The molecule has 14 heavy (non-hydrogen) atoms. The van der Waals surface area contributed by atoms with Crippen LogP contribution in [0.2, 0.25) is 0 Å². The minimum absolute atomic E-state index is 0.583. The molecule has 0 aliphatic carbocycles. The van der Waals surface area contributed by atoms with Crippen molar-refractivity contribution in [1.82, 2.24) is 9.73 Å². The Kier molecular flexibility index (Phi) is 14.9. The van der Waals surface area contributed by atoms with Gasteiger partial charge < -0.3 is 0 Å². The Morgan fingerprint density at radius 1 is 1.36 bits per heavy atom. The smallest absolute Gasteiger partial charge is 0.233 e. The minimum Gasteiger partial charge on any atom is -0.287 e. The summed E-state index contributed by atoms with van der Waals surface area (Å²) in [4.78, 5) is 13.9. The fraction of sp³-hybridized carbons (Fsp3) is 0.889. The molecular weight excluding hydrogens is 199 g/mol. The quantitative estimate of drug-likeness (QED) is 0.403. The van der Waals surface area contributed by atoms with Crippen LogP contribution in [-0.2, 0) is 9.63 Å². The average molecular weight is 222 g/mol. The van der Waals surface area contributed by atoms with E-state index in [9.17, 15) is 4.79 Å². The molecule has 0 aromatic heterocycles. The van der Waals surface area contributed by atoms with Crippen LogP contribution in [0.15, 0.2) is 0 Å². The minimum atomic E-state index is 0.583. The molecule has 4 nitrogen and oxygen atoms in total. The third kappa shape index (κ3) is 11.8. The van der Waals surface area contributed by atoms with Crippen LogP contribution in [0.1, 0.15) is 26.7 Å². The standard InChI is InChI=1S/C4H10NP.C3H7NO2.C2H6/c6-5-3-1-2-4-5;1-4(3-5)6-2;1-2/h1-4,6H2;3H,1-2H3;1-2H3. The molecule has 0 spiro atoms. The van der Waals surface area contributed by atoms with Gasteiger partial charge in [-0.25, -0.2) is 5.06 Å². The van der Waals surface area contributed by atoms with Gasteiger partial charge in [0.05, 0.1) is 7.11 Å². The molecule has 1 atom stereocenters. The van der Waals surface area contributed by atoms with E-state index >= 15 is 0 Å². The SMILES string of the molecule is CC.CON(C)C=O.PN1CCCC1. The Morgan fingerprint density at radius 2 is 1.79 bits per heavy atom. The van der Waals surface area contributed by atoms with Gasteiger partial charge in [-0.2, -0.15) is 0 Å². The maximum Gasteiger partial charge on any atom is 0.233 e. The van der Waals surface area contributed by atoms with Crippen molar-refractivity contribution in [2.45, 2.75) is 26.7 Å². The molecule has 0 aromatic carbocycles. The summed E-state index contributed by atoms with van der Waals surface area (Å²) in [5.41, 5.74) is 0. The van der Waals surface area contributed by atoms with E-state index in [4.69, 9.17) is 0 Å². The van der Waals surface area contributed by atoms with E-state index in [1.807, 2.05) is 13.8 Å². The van der Waals surface area contributed by atoms with Crippen LogP contribution in [-0.4, -0.2) is 43.4 Å². The van der Waals surface area contributed by atoms with E-state index in [2.05, 4.69) is 18.9 Å². The molecule has 86 valence electrons. The molecule has 1 amide bonds. The zero-order chi connectivity index (χ0) is 11.4. The first-order valence-electron chi connectivity index (χ1n) is 4.92. The summed E-state index contributed by atoms with van der Waals surface area (Å²) in [7, 11) is 5.65. The van der Waals surface area contributed by atoms with Gasteiger partial charge in [-0.05, 0) is 12.8 Å². The maximum absolute atomic E-state index is 9.54. The molecule has 0 aromatic rings. The van der Waals surface area contributed by atoms with Gasteiger partial charge in [0.15, 0.2) is 0 Å². The van der Waals surface area contributed by atoms with Gasteiger partial charge >= 0.3 is 0 Å². The van der Waals surface area contributed by atoms with Crippen molar-refractivity contribution < 1.29 is 9.63 Å². The Hall–Kier alpha value is -0.180. The van der Waals surface area contributed by atoms with Crippen molar-refractivity contribution in [3.05, 3.63) is 0 Å². The third-order valence-electron chi connectivity index (χ3n) is 1.58. The highest BCUT2D eigenvalue weighted by atomic mass is 31.0. The lowest BCUT2D eigenvalue weighted by Gasteiger charge is -2.02. The van der Waals surface area contributed by atoms with E-state index in [0.717, 1.165) is 5.06 Å². The first-order chi connectivity index (χ1) is 6.70. The van der Waals surface area contributed by atoms with E-state index in [1.54, 1.807) is 0 Å². The van der Waals surface area contributed by atoms with Crippen LogP contribution in [0.4, 0.5) is 0 Å². The lowest BCUT2D eigenvalue weighted by molar-refractivity contribution is -0.153. The molecule has 1 heterocycles. The summed E-state index contributed by atoms with van der Waals surface area (Å²) >= 11 is 0. The molecule has 1 saturated heterocycles. The maximum atomic E-state index is 9.54. The summed E-state index contributed by atoms with van der Waals surface area (Å²) in [5.74, 6) is 0. The number of amides is 1. The molecule has 1 aliphatic heterocycles. The Bertz CT molecular complexity index is 119. The Morgan fingerprint density at radius 3 is 1.86 bits per heavy atom. The molecule has 1 unspecified atom stereocenters. The summed E-state index contributed by atoms with van der Waals surface area (Å²) in [6, 6.07) is 0. The first-order valence-corrected chi connectivity index (χ1v) is 5.44. The highest BCUT2D eigenvalue weighted by molar-refractivity contribution is 7.13. The van der Waals surface area contributed by atoms with Gasteiger partial charge in [-0.3, -0.25) is 14.3 Å². The van der Waals surface area contributed by atoms with Gasteiger partial charge in [0, 0.05) is 20.1 Å².